The molecule has 2 aromatic carbocycles. The second kappa shape index (κ2) is 5.57. The van der Waals surface area contributed by atoms with Gasteiger partial charge in [0, 0.05) is 18.3 Å². The molecule has 0 saturated carbocycles. The fourth-order valence-corrected chi connectivity index (χ4v) is 2.15. The first kappa shape index (κ1) is 13.6. The van der Waals surface area contributed by atoms with E-state index in [1.807, 2.05) is 0 Å². The zero-order valence-corrected chi connectivity index (χ0v) is 11.0. The summed E-state index contributed by atoms with van der Waals surface area (Å²) in [5.74, 6) is -0.308. The van der Waals surface area contributed by atoms with Crippen LogP contribution in [0.3, 0.4) is 0 Å². The summed E-state index contributed by atoms with van der Waals surface area (Å²) in [4.78, 5) is 0. The van der Waals surface area contributed by atoms with E-state index >= 15 is 0 Å². The number of aliphatic hydroxyl groups excluding tert-OH is 1. The summed E-state index contributed by atoms with van der Waals surface area (Å²) in [6.45, 7) is 0.138. The fraction of sp³-hybridized carbons (Fsp3) is 0.200. The summed E-state index contributed by atoms with van der Waals surface area (Å²) in [5, 5.41) is 12.8. The van der Waals surface area contributed by atoms with Crippen molar-refractivity contribution in [3.63, 3.8) is 0 Å². The topological polar surface area (TPSA) is 50.7 Å². The van der Waals surface area contributed by atoms with E-state index in [2.05, 4.69) is 5.32 Å². The van der Waals surface area contributed by atoms with Crippen molar-refractivity contribution in [2.75, 3.05) is 18.7 Å². The average Bonchev–Trinajstić information content (AvgIpc) is 2.92. The molecule has 0 bridgehead atoms. The number of halogens is 2. The molecule has 6 heteroatoms. The standard InChI is InChI=1S/C15H13F2NO3/c16-10-2-1-3-11(17)15(10)12(19)7-18-9-4-5-13-14(6-9)21-8-20-13/h1-6,12,18-19H,7-8H2. The van der Waals surface area contributed by atoms with Crippen molar-refractivity contribution in [1.29, 1.82) is 0 Å². The van der Waals surface area contributed by atoms with Crippen molar-refractivity contribution in [2.45, 2.75) is 6.10 Å². The van der Waals surface area contributed by atoms with Gasteiger partial charge >= 0.3 is 0 Å². The Kier molecular flexibility index (Phi) is 3.62. The Labute approximate surface area is 119 Å². The molecule has 0 fully saturated rings. The number of fused-ring (bicyclic) bond motifs is 1. The zero-order chi connectivity index (χ0) is 14.8. The average molecular weight is 293 g/mol. The molecule has 3 rings (SSSR count). The number of rotatable bonds is 4. The monoisotopic (exact) mass is 293 g/mol. The number of nitrogens with one attached hydrogen (secondary N) is 1. The summed E-state index contributed by atoms with van der Waals surface area (Å²) in [6, 6.07) is 8.64. The number of hydrogen-bond donors (Lipinski definition) is 2. The van der Waals surface area contributed by atoms with E-state index < -0.39 is 17.7 Å². The van der Waals surface area contributed by atoms with Gasteiger partial charge in [-0.25, -0.2) is 8.78 Å². The zero-order valence-electron chi connectivity index (χ0n) is 11.0. The minimum Gasteiger partial charge on any atom is -0.454 e. The van der Waals surface area contributed by atoms with Crippen LogP contribution in [0.25, 0.3) is 0 Å². The van der Waals surface area contributed by atoms with Crippen LogP contribution in [-0.2, 0) is 0 Å². The Morgan fingerprint density at radius 2 is 1.81 bits per heavy atom. The predicted molar refractivity (Wildman–Crippen MR) is 72.4 cm³/mol. The molecule has 4 nitrogen and oxygen atoms in total. The van der Waals surface area contributed by atoms with Gasteiger partial charge in [-0.05, 0) is 24.3 Å². The molecule has 1 unspecified atom stereocenters. The third-order valence-electron chi connectivity index (χ3n) is 3.21. The summed E-state index contributed by atoms with van der Waals surface area (Å²) >= 11 is 0. The molecule has 1 atom stereocenters. The summed E-state index contributed by atoms with van der Waals surface area (Å²) < 4.78 is 37.5. The van der Waals surface area contributed by atoms with Gasteiger partial charge in [-0.2, -0.15) is 0 Å². The van der Waals surface area contributed by atoms with Crippen LogP contribution in [0.2, 0.25) is 0 Å². The highest BCUT2D eigenvalue weighted by Crippen LogP contribution is 2.34. The molecule has 1 heterocycles. The number of aliphatic hydroxyl groups is 1. The van der Waals surface area contributed by atoms with Crippen LogP contribution in [-0.4, -0.2) is 18.4 Å². The molecule has 0 spiro atoms. The second-order valence-electron chi connectivity index (χ2n) is 4.60. The molecule has 0 amide bonds. The second-order valence-corrected chi connectivity index (χ2v) is 4.60. The van der Waals surface area contributed by atoms with Gasteiger partial charge in [0.05, 0.1) is 5.56 Å². The Morgan fingerprint density at radius 3 is 2.57 bits per heavy atom. The van der Waals surface area contributed by atoms with Gasteiger partial charge in [0.15, 0.2) is 11.5 Å². The van der Waals surface area contributed by atoms with Crippen molar-refractivity contribution in [3.8, 4) is 11.5 Å². The van der Waals surface area contributed by atoms with Crippen molar-refractivity contribution >= 4 is 5.69 Å². The molecule has 1 aliphatic rings. The number of benzene rings is 2. The van der Waals surface area contributed by atoms with E-state index in [1.54, 1.807) is 18.2 Å². The molecule has 2 aromatic rings. The van der Waals surface area contributed by atoms with Gasteiger partial charge in [0.1, 0.15) is 17.7 Å². The third-order valence-corrected chi connectivity index (χ3v) is 3.21. The maximum Gasteiger partial charge on any atom is 0.231 e. The van der Waals surface area contributed by atoms with Gasteiger partial charge in [-0.3, -0.25) is 0 Å². The van der Waals surface area contributed by atoms with Crippen molar-refractivity contribution < 1.29 is 23.4 Å². The van der Waals surface area contributed by atoms with Gasteiger partial charge in [-0.15, -0.1) is 0 Å². The van der Waals surface area contributed by atoms with E-state index in [0.717, 1.165) is 12.1 Å². The largest absolute Gasteiger partial charge is 0.454 e. The molecule has 0 saturated heterocycles. The lowest BCUT2D eigenvalue weighted by Crippen LogP contribution is -2.15. The molecule has 1 aliphatic heterocycles. The molecule has 0 aromatic heterocycles. The number of ether oxygens (including phenoxy) is 2. The molecule has 0 aliphatic carbocycles. The minimum atomic E-state index is -1.29. The van der Waals surface area contributed by atoms with E-state index in [9.17, 15) is 13.9 Å². The Morgan fingerprint density at radius 1 is 1.10 bits per heavy atom. The maximum atomic E-state index is 13.5. The van der Waals surface area contributed by atoms with Crippen LogP contribution in [0.5, 0.6) is 11.5 Å². The minimum absolute atomic E-state index is 0.0303. The van der Waals surface area contributed by atoms with Gasteiger partial charge in [0.25, 0.3) is 0 Å². The highest BCUT2D eigenvalue weighted by Gasteiger charge is 2.18. The van der Waals surface area contributed by atoms with E-state index in [1.165, 1.54) is 6.07 Å². The molecule has 21 heavy (non-hydrogen) atoms. The third kappa shape index (κ3) is 2.75. The van der Waals surface area contributed by atoms with Gasteiger partial charge < -0.3 is 19.9 Å². The Balaban J connectivity index is 1.70. The highest BCUT2D eigenvalue weighted by molar-refractivity contribution is 5.55. The Bertz CT molecular complexity index is 643. The quantitative estimate of drug-likeness (QED) is 0.910. The maximum absolute atomic E-state index is 13.5. The van der Waals surface area contributed by atoms with E-state index in [0.29, 0.717) is 17.2 Å². The molecular formula is C15H13F2NO3. The number of anilines is 1. The lowest BCUT2D eigenvalue weighted by molar-refractivity contribution is 0.174. The van der Waals surface area contributed by atoms with E-state index in [4.69, 9.17) is 9.47 Å². The molecule has 110 valence electrons. The lowest BCUT2D eigenvalue weighted by Gasteiger charge is -2.14. The van der Waals surface area contributed by atoms with E-state index in [-0.39, 0.29) is 18.9 Å². The molecule has 2 N–H and O–H groups in total. The summed E-state index contributed by atoms with van der Waals surface area (Å²) in [6.07, 6.45) is -1.29. The fourth-order valence-electron chi connectivity index (χ4n) is 2.15. The van der Waals surface area contributed by atoms with Crippen LogP contribution in [0, 0.1) is 11.6 Å². The normalized spacial score (nSPS) is 14.0. The van der Waals surface area contributed by atoms with Crippen molar-refractivity contribution in [1.82, 2.24) is 0 Å². The van der Waals surface area contributed by atoms with Crippen LogP contribution in [0.1, 0.15) is 11.7 Å². The summed E-state index contributed by atoms with van der Waals surface area (Å²) in [7, 11) is 0. The lowest BCUT2D eigenvalue weighted by atomic mass is 10.1. The number of hydrogen-bond acceptors (Lipinski definition) is 4. The molecule has 0 radical (unpaired) electrons. The molecular weight excluding hydrogens is 280 g/mol. The van der Waals surface area contributed by atoms with Gasteiger partial charge in [0.2, 0.25) is 6.79 Å². The van der Waals surface area contributed by atoms with Crippen LogP contribution < -0.4 is 14.8 Å². The van der Waals surface area contributed by atoms with Crippen LogP contribution in [0.4, 0.5) is 14.5 Å². The first-order valence-corrected chi connectivity index (χ1v) is 6.40. The Hall–Kier alpha value is -2.34. The summed E-state index contributed by atoms with van der Waals surface area (Å²) in [5.41, 5.74) is 0.320. The van der Waals surface area contributed by atoms with Crippen molar-refractivity contribution in [2.24, 2.45) is 0 Å². The van der Waals surface area contributed by atoms with Gasteiger partial charge in [-0.1, -0.05) is 6.07 Å². The highest BCUT2D eigenvalue weighted by atomic mass is 19.1. The first-order valence-electron chi connectivity index (χ1n) is 6.40. The van der Waals surface area contributed by atoms with Crippen molar-refractivity contribution in [3.05, 3.63) is 53.6 Å². The SMILES string of the molecule is OC(CNc1ccc2c(c1)OCO2)c1c(F)cccc1F. The van der Waals surface area contributed by atoms with Crippen LogP contribution >= 0.6 is 0 Å². The smallest absolute Gasteiger partial charge is 0.231 e. The first-order chi connectivity index (χ1) is 10.1. The van der Waals surface area contributed by atoms with Crippen LogP contribution in [0.15, 0.2) is 36.4 Å². The predicted octanol–water partition coefficient (Wildman–Crippen LogP) is 2.84.